The lowest BCUT2D eigenvalue weighted by atomic mass is 10.2. The van der Waals surface area contributed by atoms with Gasteiger partial charge in [-0.2, -0.15) is 0 Å². The highest BCUT2D eigenvalue weighted by Crippen LogP contribution is 2.22. The first kappa shape index (κ1) is 12.6. The van der Waals surface area contributed by atoms with E-state index in [2.05, 4.69) is 0 Å². The van der Waals surface area contributed by atoms with Gasteiger partial charge in [-0.05, 0) is 31.2 Å². The van der Waals surface area contributed by atoms with Crippen LogP contribution >= 0.6 is 0 Å². The molecule has 0 radical (unpaired) electrons. The van der Waals surface area contributed by atoms with Gasteiger partial charge >= 0.3 is 0 Å². The molecule has 0 amide bonds. The Morgan fingerprint density at radius 1 is 1.33 bits per heavy atom. The van der Waals surface area contributed by atoms with Crippen LogP contribution in [0.2, 0.25) is 0 Å². The van der Waals surface area contributed by atoms with E-state index in [1.807, 2.05) is 42.0 Å². The molecule has 0 saturated carbocycles. The number of fused-ring (bicyclic) bond motifs is 1. The van der Waals surface area contributed by atoms with Crippen molar-refractivity contribution >= 4 is 16.7 Å². The predicted octanol–water partition coefficient (Wildman–Crippen LogP) is 2.26. The van der Waals surface area contributed by atoms with Crippen LogP contribution in [0, 0.1) is 0 Å². The van der Waals surface area contributed by atoms with Gasteiger partial charge < -0.3 is 14.0 Å². The minimum absolute atomic E-state index is 0.0592. The summed E-state index contributed by atoms with van der Waals surface area (Å²) in [5.74, 6) is 0.912. The Hall–Kier alpha value is -1.81. The Morgan fingerprint density at radius 3 is 2.89 bits per heavy atom. The van der Waals surface area contributed by atoms with Gasteiger partial charge in [0.2, 0.25) is 0 Å². The second-order valence-corrected chi connectivity index (χ2v) is 4.07. The van der Waals surface area contributed by atoms with Gasteiger partial charge in [-0.1, -0.05) is 0 Å². The van der Waals surface area contributed by atoms with Crippen LogP contribution in [0.3, 0.4) is 0 Å². The third kappa shape index (κ3) is 2.71. The molecule has 0 saturated heterocycles. The van der Waals surface area contributed by atoms with Gasteiger partial charge in [0, 0.05) is 24.2 Å². The molecule has 4 heteroatoms. The monoisotopic (exact) mass is 247 g/mol. The smallest absolute Gasteiger partial charge is 0.178 e. The van der Waals surface area contributed by atoms with Crippen LogP contribution in [0.25, 0.3) is 10.9 Å². The van der Waals surface area contributed by atoms with E-state index in [9.17, 15) is 4.79 Å². The number of carbonyl (C=O) groups excluding carboxylic acids is 1. The lowest BCUT2D eigenvalue weighted by Crippen LogP contribution is -2.14. The number of hydrogen-bond acceptors (Lipinski definition) is 3. The summed E-state index contributed by atoms with van der Waals surface area (Å²) in [4.78, 5) is 11.6. The molecule has 0 bridgehead atoms. The summed E-state index contributed by atoms with van der Waals surface area (Å²) in [7, 11) is 1.53. The Labute approximate surface area is 106 Å². The predicted molar refractivity (Wildman–Crippen MR) is 70.0 cm³/mol. The number of rotatable bonds is 6. The molecule has 4 nitrogen and oxygen atoms in total. The summed E-state index contributed by atoms with van der Waals surface area (Å²) in [5.41, 5.74) is 1.03. The Morgan fingerprint density at radius 2 is 2.17 bits per heavy atom. The van der Waals surface area contributed by atoms with E-state index in [0.29, 0.717) is 13.2 Å². The van der Waals surface area contributed by atoms with E-state index in [0.717, 1.165) is 16.7 Å². The van der Waals surface area contributed by atoms with Crippen LogP contribution in [0.5, 0.6) is 5.75 Å². The van der Waals surface area contributed by atoms with E-state index < -0.39 is 0 Å². The third-order valence-electron chi connectivity index (χ3n) is 2.71. The molecule has 0 unspecified atom stereocenters. The summed E-state index contributed by atoms with van der Waals surface area (Å²) in [5, 5.41) is 1.08. The summed E-state index contributed by atoms with van der Waals surface area (Å²) in [6.45, 7) is 3.10. The Bertz CT molecular complexity index is 545. The normalized spacial score (nSPS) is 10.8. The van der Waals surface area contributed by atoms with Gasteiger partial charge in [0.05, 0.1) is 13.2 Å². The molecule has 0 fully saturated rings. The summed E-state index contributed by atoms with van der Waals surface area (Å²) in [6, 6.07) is 7.86. The molecular weight excluding hydrogens is 230 g/mol. The zero-order valence-corrected chi connectivity index (χ0v) is 10.7. The van der Waals surface area contributed by atoms with E-state index >= 15 is 0 Å². The number of Topliss-reactive ketones (excluding diaryl/α,β-unsaturated/α-hetero) is 1. The maximum absolute atomic E-state index is 11.6. The summed E-state index contributed by atoms with van der Waals surface area (Å²) >= 11 is 0. The van der Waals surface area contributed by atoms with Gasteiger partial charge in [0.25, 0.3) is 0 Å². The molecule has 0 aliphatic carbocycles. The Kier molecular flexibility index (Phi) is 3.99. The fraction of sp³-hybridized carbons (Fsp3) is 0.357. The first-order chi connectivity index (χ1) is 8.74. The van der Waals surface area contributed by atoms with Crippen molar-refractivity contribution in [3.63, 3.8) is 0 Å². The minimum atomic E-state index is 0.0592. The van der Waals surface area contributed by atoms with E-state index in [1.54, 1.807) is 0 Å². The highest BCUT2D eigenvalue weighted by molar-refractivity contribution is 5.85. The van der Waals surface area contributed by atoms with Crippen LogP contribution in [0.4, 0.5) is 0 Å². The standard InChI is InChI=1S/C14H17NO3/c1-3-18-13-4-5-14-11(8-13)6-7-15(14)9-12(16)10-17-2/h4-8H,3,9-10H2,1-2H3. The second-order valence-electron chi connectivity index (χ2n) is 4.07. The maximum atomic E-state index is 11.6. The maximum Gasteiger partial charge on any atom is 0.178 e. The van der Waals surface area contributed by atoms with Gasteiger partial charge in [0.15, 0.2) is 5.78 Å². The van der Waals surface area contributed by atoms with E-state index in [4.69, 9.17) is 9.47 Å². The average Bonchev–Trinajstić information content (AvgIpc) is 2.73. The Balaban J connectivity index is 2.23. The molecule has 1 aromatic carbocycles. The van der Waals surface area contributed by atoms with Crippen molar-refractivity contribution in [3.8, 4) is 5.75 Å². The molecule has 0 N–H and O–H groups in total. The van der Waals surface area contributed by atoms with Crippen molar-refractivity contribution in [3.05, 3.63) is 30.5 Å². The van der Waals surface area contributed by atoms with Gasteiger partial charge in [0.1, 0.15) is 12.4 Å². The zero-order valence-electron chi connectivity index (χ0n) is 10.7. The first-order valence-electron chi connectivity index (χ1n) is 5.97. The minimum Gasteiger partial charge on any atom is -0.494 e. The van der Waals surface area contributed by atoms with Crippen molar-refractivity contribution in [2.24, 2.45) is 0 Å². The largest absolute Gasteiger partial charge is 0.494 e. The number of benzene rings is 1. The third-order valence-corrected chi connectivity index (χ3v) is 2.71. The van der Waals surface area contributed by atoms with Gasteiger partial charge in [-0.25, -0.2) is 0 Å². The van der Waals surface area contributed by atoms with Crippen molar-refractivity contribution < 1.29 is 14.3 Å². The highest BCUT2D eigenvalue weighted by atomic mass is 16.5. The molecule has 0 aliphatic rings. The lowest BCUT2D eigenvalue weighted by Gasteiger charge is -2.06. The number of ketones is 1. The van der Waals surface area contributed by atoms with Crippen LogP contribution < -0.4 is 4.74 Å². The SMILES string of the molecule is CCOc1ccc2c(ccn2CC(=O)COC)c1. The van der Waals surface area contributed by atoms with Gasteiger partial charge in [-0.15, -0.1) is 0 Å². The molecule has 1 aromatic heterocycles. The molecule has 2 aromatic rings. The molecule has 2 rings (SSSR count). The van der Waals surface area contributed by atoms with E-state index in [-0.39, 0.29) is 12.4 Å². The fourth-order valence-corrected chi connectivity index (χ4v) is 1.97. The molecular formula is C14H17NO3. The number of nitrogens with zero attached hydrogens (tertiary/aromatic N) is 1. The van der Waals surface area contributed by atoms with Crippen LogP contribution in [-0.2, 0) is 16.1 Å². The van der Waals surface area contributed by atoms with Crippen LogP contribution in [0.1, 0.15) is 6.92 Å². The molecule has 0 atom stereocenters. The van der Waals surface area contributed by atoms with Gasteiger partial charge in [-0.3, -0.25) is 4.79 Å². The number of ether oxygens (including phenoxy) is 2. The van der Waals surface area contributed by atoms with Crippen LogP contribution in [-0.4, -0.2) is 30.7 Å². The average molecular weight is 247 g/mol. The number of aromatic nitrogens is 1. The first-order valence-corrected chi connectivity index (χ1v) is 5.97. The topological polar surface area (TPSA) is 40.5 Å². The molecule has 0 aliphatic heterocycles. The fourth-order valence-electron chi connectivity index (χ4n) is 1.97. The summed E-state index contributed by atoms with van der Waals surface area (Å²) < 4.78 is 12.2. The van der Waals surface area contributed by atoms with Crippen molar-refractivity contribution in [2.45, 2.75) is 13.5 Å². The second kappa shape index (κ2) is 5.69. The zero-order chi connectivity index (χ0) is 13.0. The number of carbonyl (C=O) groups is 1. The molecule has 18 heavy (non-hydrogen) atoms. The summed E-state index contributed by atoms with van der Waals surface area (Å²) in [6.07, 6.45) is 1.91. The van der Waals surface area contributed by atoms with E-state index in [1.165, 1.54) is 7.11 Å². The van der Waals surface area contributed by atoms with Crippen molar-refractivity contribution in [2.75, 3.05) is 20.3 Å². The number of methoxy groups -OCH3 is 1. The quantitative estimate of drug-likeness (QED) is 0.786. The number of hydrogen-bond donors (Lipinski definition) is 0. The van der Waals surface area contributed by atoms with Crippen molar-refractivity contribution in [1.29, 1.82) is 0 Å². The lowest BCUT2D eigenvalue weighted by molar-refractivity contribution is -0.123. The molecule has 96 valence electrons. The van der Waals surface area contributed by atoms with Crippen LogP contribution in [0.15, 0.2) is 30.5 Å². The highest BCUT2D eigenvalue weighted by Gasteiger charge is 2.06. The van der Waals surface area contributed by atoms with Crippen molar-refractivity contribution in [1.82, 2.24) is 4.57 Å². The molecule has 1 heterocycles. The molecule has 0 spiro atoms.